The fourth-order valence-electron chi connectivity index (χ4n) is 3.80. The number of carboxylic acid groups (broad SMARTS) is 2. The predicted molar refractivity (Wildman–Crippen MR) is 146 cm³/mol. The van der Waals surface area contributed by atoms with Crippen LogP contribution in [0.1, 0.15) is 45.0 Å². The zero-order valence-corrected chi connectivity index (χ0v) is 23.1. The molecule has 0 bridgehead atoms. The SMILES string of the molecule is C=C(COc1c(F)cc2sc(C(=O)CCC(=O)O)cc2c1F)COc1c(F)cc2sc(C(=O)CCC(=O)O)cc2c1F. The Morgan fingerprint density at radius 1 is 0.667 bits per heavy atom. The van der Waals surface area contributed by atoms with E-state index in [9.17, 15) is 28.0 Å². The minimum atomic E-state index is -1.17. The average molecular weight is 625 g/mol. The maximum absolute atomic E-state index is 15.0. The number of hydrogen-bond acceptors (Lipinski definition) is 8. The molecule has 0 saturated heterocycles. The number of ketones is 2. The van der Waals surface area contributed by atoms with Crippen molar-refractivity contribution < 1.29 is 56.4 Å². The Morgan fingerprint density at radius 3 is 1.40 bits per heavy atom. The lowest BCUT2D eigenvalue weighted by atomic mass is 10.1. The lowest BCUT2D eigenvalue weighted by Crippen LogP contribution is -2.11. The van der Waals surface area contributed by atoms with Gasteiger partial charge in [-0.1, -0.05) is 6.58 Å². The Labute approximate surface area is 242 Å². The molecule has 0 saturated carbocycles. The van der Waals surface area contributed by atoms with Crippen molar-refractivity contribution in [1.29, 1.82) is 0 Å². The summed E-state index contributed by atoms with van der Waals surface area (Å²) >= 11 is 1.61. The molecule has 2 N–H and O–H groups in total. The number of carbonyl (C=O) groups is 4. The van der Waals surface area contributed by atoms with E-state index < -0.39 is 84.3 Å². The summed E-state index contributed by atoms with van der Waals surface area (Å²) < 4.78 is 70.0. The Kier molecular flexibility index (Phi) is 9.27. The molecule has 0 radical (unpaired) electrons. The predicted octanol–water partition coefficient (Wildman–Crippen LogP) is 6.78. The van der Waals surface area contributed by atoms with Crippen molar-refractivity contribution >= 4 is 66.4 Å². The van der Waals surface area contributed by atoms with Gasteiger partial charge >= 0.3 is 11.9 Å². The second-order valence-electron chi connectivity index (χ2n) is 9.01. The summed E-state index contributed by atoms with van der Waals surface area (Å²) in [5.41, 5.74) is 0.0532. The first-order valence-electron chi connectivity index (χ1n) is 12.1. The van der Waals surface area contributed by atoms with Crippen LogP contribution in [0.5, 0.6) is 11.5 Å². The van der Waals surface area contributed by atoms with Crippen molar-refractivity contribution in [1.82, 2.24) is 0 Å². The van der Waals surface area contributed by atoms with Crippen LogP contribution in [0.2, 0.25) is 0 Å². The molecule has 0 fully saturated rings. The highest BCUT2D eigenvalue weighted by molar-refractivity contribution is 7.21. The third-order valence-corrected chi connectivity index (χ3v) is 8.11. The molecule has 0 atom stereocenters. The van der Waals surface area contributed by atoms with E-state index in [0.29, 0.717) is 0 Å². The number of rotatable bonds is 14. The highest BCUT2D eigenvalue weighted by atomic mass is 32.1. The summed E-state index contributed by atoms with van der Waals surface area (Å²) in [5, 5.41) is 17.3. The molecule has 14 heteroatoms. The van der Waals surface area contributed by atoms with Crippen molar-refractivity contribution in [2.45, 2.75) is 25.7 Å². The highest BCUT2D eigenvalue weighted by Crippen LogP contribution is 2.37. The van der Waals surface area contributed by atoms with Gasteiger partial charge < -0.3 is 19.7 Å². The molecule has 0 amide bonds. The molecule has 4 rings (SSSR count). The van der Waals surface area contributed by atoms with Crippen LogP contribution in [0.4, 0.5) is 17.6 Å². The normalized spacial score (nSPS) is 11.1. The third kappa shape index (κ3) is 6.77. The lowest BCUT2D eigenvalue weighted by Gasteiger charge is -2.13. The van der Waals surface area contributed by atoms with Gasteiger partial charge in [0.25, 0.3) is 0 Å². The zero-order valence-electron chi connectivity index (χ0n) is 21.4. The molecule has 0 unspecified atom stereocenters. The fourth-order valence-corrected chi connectivity index (χ4v) is 5.90. The van der Waals surface area contributed by atoms with Crippen LogP contribution in [0.25, 0.3) is 20.2 Å². The van der Waals surface area contributed by atoms with E-state index in [4.69, 9.17) is 19.7 Å². The molecule has 0 aliphatic rings. The highest BCUT2D eigenvalue weighted by Gasteiger charge is 2.22. The van der Waals surface area contributed by atoms with Gasteiger partial charge in [-0.15, -0.1) is 22.7 Å². The van der Waals surface area contributed by atoms with Crippen LogP contribution < -0.4 is 9.47 Å². The molecule has 0 spiro atoms. The molecule has 2 aromatic carbocycles. The maximum Gasteiger partial charge on any atom is 0.303 e. The third-order valence-electron chi connectivity index (χ3n) is 5.87. The van der Waals surface area contributed by atoms with Crippen molar-refractivity contribution in [3.05, 3.63) is 69.4 Å². The Morgan fingerprint density at radius 2 is 1.05 bits per heavy atom. The van der Waals surface area contributed by atoms with E-state index in [-0.39, 0.29) is 48.3 Å². The molecular weight excluding hydrogens is 604 g/mol. The molecule has 4 aromatic rings. The van der Waals surface area contributed by atoms with Crippen LogP contribution in [-0.4, -0.2) is 46.9 Å². The minimum absolute atomic E-state index is 0.0532. The molecule has 2 aromatic heterocycles. The molecule has 0 aliphatic heterocycles. The number of ether oxygens (including phenoxy) is 2. The number of thiophene rings is 2. The first kappa shape index (κ1) is 30.7. The van der Waals surface area contributed by atoms with E-state index in [2.05, 4.69) is 6.58 Å². The van der Waals surface area contributed by atoms with Gasteiger partial charge in [-0.25, -0.2) is 17.6 Å². The number of carbonyl (C=O) groups excluding carboxylic acids is 2. The minimum Gasteiger partial charge on any atom is -0.483 e. The van der Waals surface area contributed by atoms with Crippen LogP contribution in [0, 0.1) is 23.3 Å². The summed E-state index contributed by atoms with van der Waals surface area (Å²) in [5.74, 6) is -9.31. The molecular formula is C28H20F4O8S2. The Bertz CT molecular complexity index is 1630. The van der Waals surface area contributed by atoms with Gasteiger partial charge in [-0.2, -0.15) is 0 Å². The average Bonchev–Trinajstić information content (AvgIpc) is 3.55. The van der Waals surface area contributed by atoms with Crippen LogP contribution in [-0.2, 0) is 9.59 Å². The van der Waals surface area contributed by atoms with Gasteiger partial charge in [-0.3, -0.25) is 19.2 Å². The second kappa shape index (κ2) is 12.7. The molecule has 0 aliphatic carbocycles. The number of fused-ring (bicyclic) bond motifs is 2. The van der Waals surface area contributed by atoms with Gasteiger partial charge in [0.1, 0.15) is 13.2 Å². The number of aliphatic carboxylic acids is 2. The summed E-state index contributed by atoms with van der Waals surface area (Å²) in [7, 11) is 0. The van der Waals surface area contributed by atoms with Crippen LogP contribution in [0.15, 0.2) is 36.4 Å². The fraction of sp³-hybridized carbons (Fsp3) is 0.214. The lowest BCUT2D eigenvalue weighted by molar-refractivity contribution is -0.137. The van der Waals surface area contributed by atoms with Gasteiger partial charge in [0, 0.05) is 33.0 Å². The molecule has 220 valence electrons. The number of carboxylic acids is 2. The van der Waals surface area contributed by atoms with E-state index >= 15 is 8.78 Å². The quantitative estimate of drug-likeness (QED) is 0.0893. The summed E-state index contributed by atoms with van der Waals surface area (Å²) in [4.78, 5) is 45.9. The smallest absolute Gasteiger partial charge is 0.303 e. The van der Waals surface area contributed by atoms with Crippen LogP contribution >= 0.6 is 22.7 Å². The van der Waals surface area contributed by atoms with Gasteiger partial charge in [0.05, 0.1) is 22.6 Å². The van der Waals surface area contributed by atoms with Gasteiger partial charge in [-0.05, 0) is 29.8 Å². The summed E-state index contributed by atoms with van der Waals surface area (Å²) in [6, 6.07) is 4.29. The summed E-state index contributed by atoms with van der Waals surface area (Å²) in [6.07, 6.45) is -1.43. The second-order valence-corrected chi connectivity index (χ2v) is 11.2. The van der Waals surface area contributed by atoms with Crippen LogP contribution in [0.3, 0.4) is 0 Å². The number of halogens is 4. The Balaban J connectivity index is 1.43. The molecule has 42 heavy (non-hydrogen) atoms. The topological polar surface area (TPSA) is 127 Å². The van der Waals surface area contributed by atoms with E-state index in [0.717, 1.165) is 34.8 Å². The van der Waals surface area contributed by atoms with Crippen molar-refractivity contribution in [2.75, 3.05) is 13.2 Å². The zero-order chi connectivity index (χ0) is 30.7. The Hall–Kier alpha value is -4.30. The van der Waals surface area contributed by atoms with E-state index in [1.165, 1.54) is 12.1 Å². The van der Waals surface area contributed by atoms with Crippen molar-refractivity contribution in [2.24, 2.45) is 0 Å². The van der Waals surface area contributed by atoms with Gasteiger partial charge in [0.2, 0.25) is 0 Å². The number of hydrogen-bond donors (Lipinski definition) is 2. The largest absolute Gasteiger partial charge is 0.483 e. The monoisotopic (exact) mass is 624 g/mol. The van der Waals surface area contributed by atoms with Crippen molar-refractivity contribution in [3.8, 4) is 11.5 Å². The number of Topliss-reactive ketones (excluding diaryl/α,β-unsaturated/α-hetero) is 2. The summed E-state index contributed by atoms with van der Waals surface area (Å²) in [6.45, 7) is 2.63. The number of benzene rings is 2. The van der Waals surface area contributed by atoms with Gasteiger partial charge in [0.15, 0.2) is 46.3 Å². The molecule has 8 nitrogen and oxygen atoms in total. The first-order chi connectivity index (χ1) is 19.8. The molecule has 2 heterocycles. The first-order valence-corrected chi connectivity index (χ1v) is 13.7. The van der Waals surface area contributed by atoms with Crippen molar-refractivity contribution in [3.63, 3.8) is 0 Å². The van der Waals surface area contributed by atoms with E-state index in [1.54, 1.807) is 0 Å². The standard InChI is InChI=1S/C28H20F4O8S2/c1-12(10-39-27-15(29)8-19-13(25(27)31)6-21(41-19)17(33)2-4-23(35)36)11-40-28-16(30)9-20-14(26(28)32)7-22(42-20)18(34)3-5-24(37)38/h6-9H,1-5,10-11H2,(H,35,36)(H,37,38). The van der Waals surface area contributed by atoms with E-state index in [1.807, 2.05) is 0 Å². The maximum atomic E-state index is 15.0.